The highest BCUT2D eigenvalue weighted by atomic mass is 32.2. The van der Waals surface area contributed by atoms with Crippen LogP contribution >= 0.6 is 0 Å². The molecule has 5 heteroatoms. The first-order chi connectivity index (χ1) is 9.13. The van der Waals surface area contributed by atoms with Crippen LogP contribution in [0, 0.1) is 0 Å². The molecule has 108 valence electrons. The number of hydrogen-bond acceptors (Lipinski definition) is 3. The molecule has 0 saturated heterocycles. The molecule has 0 heterocycles. The van der Waals surface area contributed by atoms with Crippen molar-refractivity contribution in [1.82, 2.24) is 5.32 Å². The minimum atomic E-state index is -1.07. The normalized spacial score (nSPS) is 14.1. The van der Waals surface area contributed by atoms with Crippen LogP contribution in [0.5, 0.6) is 0 Å². The molecule has 1 rings (SSSR count). The zero-order chi connectivity index (χ0) is 14.1. The van der Waals surface area contributed by atoms with Crippen LogP contribution in [-0.4, -0.2) is 28.7 Å². The van der Waals surface area contributed by atoms with E-state index in [2.05, 4.69) is 17.0 Å². The van der Waals surface area contributed by atoms with Crippen LogP contribution in [0.25, 0.3) is 0 Å². The predicted molar refractivity (Wildman–Crippen MR) is 81.5 cm³/mol. The molecular formula is C14H24N2O2S. The van der Waals surface area contributed by atoms with E-state index in [9.17, 15) is 9.32 Å². The number of nitrogens with one attached hydrogen (secondary N) is 2. The first kappa shape index (κ1) is 16.1. The highest BCUT2D eigenvalue weighted by Crippen LogP contribution is 2.16. The number of rotatable bonds is 9. The first-order valence-electron chi connectivity index (χ1n) is 6.72. The summed E-state index contributed by atoms with van der Waals surface area (Å²) >= 11 is 0. The zero-order valence-electron chi connectivity index (χ0n) is 11.7. The molecule has 0 fully saturated rings. The number of hydrogen-bond donors (Lipinski definition) is 3. The van der Waals surface area contributed by atoms with Gasteiger partial charge in [-0.25, -0.2) is 4.21 Å². The van der Waals surface area contributed by atoms with Gasteiger partial charge in [0.1, 0.15) is 11.0 Å². The lowest BCUT2D eigenvalue weighted by atomic mass is 10.1. The van der Waals surface area contributed by atoms with Crippen molar-refractivity contribution >= 4 is 16.7 Å². The lowest BCUT2D eigenvalue weighted by Gasteiger charge is -2.13. The summed E-state index contributed by atoms with van der Waals surface area (Å²) < 4.78 is 13.8. The maximum atomic E-state index is 11.0. The predicted octanol–water partition coefficient (Wildman–Crippen LogP) is 2.21. The van der Waals surface area contributed by atoms with E-state index in [4.69, 9.17) is 0 Å². The molecule has 0 aliphatic carbocycles. The van der Waals surface area contributed by atoms with E-state index < -0.39 is 17.1 Å². The second-order valence-corrected chi connectivity index (χ2v) is 5.72. The summed E-state index contributed by atoms with van der Waals surface area (Å²) in [6.07, 6.45) is 4.66. The Kier molecular flexibility index (Phi) is 7.70. The van der Waals surface area contributed by atoms with Crippen LogP contribution < -0.4 is 10.0 Å². The van der Waals surface area contributed by atoms with Crippen LogP contribution in [0.1, 0.15) is 37.9 Å². The average molecular weight is 284 g/mol. The smallest absolute Gasteiger partial charge is 0.113 e. The second kappa shape index (κ2) is 9.07. The van der Waals surface area contributed by atoms with Gasteiger partial charge in [0, 0.05) is 18.5 Å². The minimum absolute atomic E-state index is 0.497. The molecule has 0 amide bonds. The fourth-order valence-corrected chi connectivity index (χ4v) is 2.26. The number of anilines is 1. The molecule has 0 radical (unpaired) electrons. The van der Waals surface area contributed by atoms with Gasteiger partial charge in [-0.05, 0) is 30.7 Å². The van der Waals surface area contributed by atoms with Gasteiger partial charge >= 0.3 is 0 Å². The molecule has 0 bridgehead atoms. The van der Waals surface area contributed by atoms with E-state index in [1.165, 1.54) is 12.8 Å². The van der Waals surface area contributed by atoms with Gasteiger partial charge in [-0.15, -0.1) is 0 Å². The van der Waals surface area contributed by atoms with Crippen LogP contribution in [0.4, 0.5) is 5.69 Å². The molecule has 1 aromatic rings. The standard InChI is InChI=1S/C14H24N2O2S/c1-3-4-5-10-15-11-14(17)12-6-8-13(9-7-12)16-19(2)18/h6-9,14-17H,3-5,10-11H2,1-2H3. The Labute approximate surface area is 118 Å². The van der Waals surface area contributed by atoms with Gasteiger partial charge in [-0.2, -0.15) is 0 Å². The molecule has 2 atom stereocenters. The maximum absolute atomic E-state index is 11.0. The lowest BCUT2D eigenvalue weighted by molar-refractivity contribution is 0.175. The summed E-state index contributed by atoms with van der Waals surface area (Å²) in [4.78, 5) is 0. The van der Waals surface area contributed by atoms with Crippen molar-refractivity contribution in [3.05, 3.63) is 29.8 Å². The molecule has 19 heavy (non-hydrogen) atoms. The number of unbranched alkanes of at least 4 members (excludes halogenated alkanes) is 2. The van der Waals surface area contributed by atoms with E-state index in [-0.39, 0.29) is 0 Å². The molecule has 0 spiro atoms. The molecule has 0 saturated carbocycles. The van der Waals surface area contributed by atoms with Gasteiger partial charge in [0.2, 0.25) is 0 Å². The van der Waals surface area contributed by atoms with Crippen molar-refractivity contribution in [3.8, 4) is 0 Å². The van der Waals surface area contributed by atoms with Crippen LogP contribution in [0.3, 0.4) is 0 Å². The Morgan fingerprint density at radius 2 is 1.95 bits per heavy atom. The highest BCUT2D eigenvalue weighted by molar-refractivity contribution is 7.85. The largest absolute Gasteiger partial charge is 0.387 e. The van der Waals surface area contributed by atoms with E-state index in [0.29, 0.717) is 6.54 Å². The van der Waals surface area contributed by atoms with E-state index in [1.54, 1.807) is 6.26 Å². The van der Waals surface area contributed by atoms with Gasteiger partial charge in [0.15, 0.2) is 0 Å². The molecule has 0 aliphatic heterocycles. The zero-order valence-corrected chi connectivity index (χ0v) is 12.5. The van der Waals surface area contributed by atoms with Crippen molar-refractivity contribution in [2.45, 2.75) is 32.3 Å². The first-order valence-corrected chi connectivity index (χ1v) is 8.28. The summed E-state index contributed by atoms with van der Waals surface area (Å²) in [5.41, 5.74) is 1.67. The van der Waals surface area contributed by atoms with Gasteiger partial charge in [0.25, 0.3) is 0 Å². The Morgan fingerprint density at radius 3 is 2.53 bits per heavy atom. The summed E-state index contributed by atoms with van der Waals surface area (Å²) in [5, 5.41) is 13.3. The van der Waals surface area contributed by atoms with Crippen molar-refractivity contribution in [1.29, 1.82) is 0 Å². The fourth-order valence-electron chi connectivity index (χ4n) is 1.80. The third-order valence-electron chi connectivity index (χ3n) is 2.85. The molecule has 3 N–H and O–H groups in total. The van der Waals surface area contributed by atoms with Crippen LogP contribution in [-0.2, 0) is 11.0 Å². The molecule has 1 aromatic carbocycles. The van der Waals surface area contributed by atoms with E-state index >= 15 is 0 Å². The number of aliphatic hydroxyl groups is 1. The van der Waals surface area contributed by atoms with Crippen LogP contribution in [0.2, 0.25) is 0 Å². The van der Waals surface area contributed by atoms with Crippen molar-refractivity contribution in [2.24, 2.45) is 0 Å². The summed E-state index contributed by atoms with van der Waals surface area (Å²) in [5.74, 6) is 0. The number of benzene rings is 1. The fraction of sp³-hybridized carbons (Fsp3) is 0.571. The van der Waals surface area contributed by atoms with Crippen molar-refractivity contribution in [3.63, 3.8) is 0 Å². The summed E-state index contributed by atoms with van der Waals surface area (Å²) in [7, 11) is -1.07. The van der Waals surface area contributed by atoms with Crippen LogP contribution in [0.15, 0.2) is 24.3 Å². The highest BCUT2D eigenvalue weighted by Gasteiger charge is 2.06. The van der Waals surface area contributed by atoms with Crippen molar-refractivity contribution in [2.75, 3.05) is 24.1 Å². The molecule has 0 aliphatic rings. The van der Waals surface area contributed by atoms with Gasteiger partial charge < -0.3 is 15.1 Å². The summed E-state index contributed by atoms with van der Waals surface area (Å²) in [6, 6.07) is 7.37. The lowest BCUT2D eigenvalue weighted by Crippen LogP contribution is -2.22. The van der Waals surface area contributed by atoms with Gasteiger partial charge in [-0.3, -0.25) is 0 Å². The second-order valence-electron chi connectivity index (χ2n) is 4.61. The van der Waals surface area contributed by atoms with Gasteiger partial charge in [0.05, 0.1) is 6.10 Å². The quantitative estimate of drug-likeness (QED) is 0.609. The Bertz CT molecular complexity index is 382. The minimum Gasteiger partial charge on any atom is -0.387 e. The molecule has 2 unspecified atom stereocenters. The Hall–Kier alpha value is -0.910. The topological polar surface area (TPSA) is 61.4 Å². The maximum Gasteiger partial charge on any atom is 0.113 e. The Balaban J connectivity index is 2.35. The third-order valence-corrected chi connectivity index (χ3v) is 3.37. The number of aliphatic hydroxyl groups excluding tert-OH is 1. The Morgan fingerprint density at radius 1 is 1.26 bits per heavy atom. The molecule has 4 nitrogen and oxygen atoms in total. The van der Waals surface area contributed by atoms with E-state index in [0.717, 1.165) is 24.2 Å². The van der Waals surface area contributed by atoms with Crippen molar-refractivity contribution < 1.29 is 9.32 Å². The third kappa shape index (κ3) is 6.71. The molecular weight excluding hydrogens is 260 g/mol. The average Bonchev–Trinajstić information content (AvgIpc) is 2.38. The monoisotopic (exact) mass is 284 g/mol. The SMILES string of the molecule is CCCCCNCC(O)c1ccc(NS(C)=O)cc1. The van der Waals surface area contributed by atoms with Gasteiger partial charge in [-0.1, -0.05) is 31.9 Å². The summed E-state index contributed by atoms with van der Waals surface area (Å²) in [6.45, 7) is 3.68. The van der Waals surface area contributed by atoms with E-state index in [1.807, 2.05) is 24.3 Å². The molecule has 0 aromatic heterocycles.